The molecule has 0 saturated carbocycles. The number of rotatable bonds is 52. The molecule has 420 valence electrons. The van der Waals surface area contributed by atoms with Crippen LogP contribution in [0.4, 0.5) is 0 Å². The first-order chi connectivity index (χ1) is 35.4. The Morgan fingerprint density at radius 3 is 1.45 bits per heavy atom. The number of quaternary nitrogens is 1. The quantitative estimate of drug-likeness (QED) is 0.0161. The van der Waals surface area contributed by atoms with Crippen LogP contribution in [-0.2, 0) is 27.9 Å². The molecule has 9 nitrogen and oxygen atoms in total. The van der Waals surface area contributed by atoms with Gasteiger partial charge in [0, 0.05) is 12.8 Å². The predicted octanol–water partition coefficient (Wildman–Crippen LogP) is 17.4. The van der Waals surface area contributed by atoms with Gasteiger partial charge in [0.15, 0.2) is 0 Å². The Bertz CT molecular complexity index is 1570. The second-order valence-electron chi connectivity index (χ2n) is 20.8. The zero-order valence-corrected chi connectivity index (χ0v) is 48.7. The number of unbranched alkanes of at least 4 members (excludes halogenated alkanes) is 24. The van der Waals surface area contributed by atoms with Crippen LogP contribution in [0.25, 0.3) is 0 Å². The molecule has 73 heavy (non-hydrogen) atoms. The third kappa shape index (κ3) is 53.6. The van der Waals surface area contributed by atoms with Crippen LogP contribution in [0, 0.1) is 0 Å². The van der Waals surface area contributed by atoms with Crippen molar-refractivity contribution < 1.29 is 37.3 Å². The second-order valence-corrected chi connectivity index (χ2v) is 22.2. The summed E-state index contributed by atoms with van der Waals surface area (Å²) in [6.45, 7) is 6.64. The third-order valence-electron chi connectivity index (χ3n) is 12.6. The van der Waals surface area contributed by atoms with Gasteiger partial charge in [0.05, 0.1) is 33.8 Å². The highest BCUT2D eigenvalue weighted by molar-refractivity contribution is 7.45. The van der Waals surface area contributed by atoms with Gasteiger partial charge in [0.2, 0.25) is 5.91 Å². The lowest BCUT2D eigenvalue weighted by Gasteiger charge is -2.30. The van der Waals surface area contributed by atoms with Crippen LogP contribution in [-0.4, -0.2) is 69.4 Å². The number of phosphoric acid groups is 1. The number of nitrogens with one attached hydrogen (secondary N) is 1. The lowest BCUT2D eigenvalue weighted by Crippen LogP contribution is -2.47. The lowest BCUT2D eigenvalue weighted by atomic mass is 10.1. The first-order valence-electron chi connectivity index (χ1n) is 29.6. The molecule has 3 unspecified atom stereocenters. The number of nitrogens with zero attached hydrogens (tertiary/aromatic N) is 1. The standard InChI is InChI=1S/C63H111N2O7P/c1-7-10-13-16-19-22-25-27-29-30-31-32-33-34-36-37-40-43-46-49-52-55-62(66)64-60(59-71-73(68,69)70-58-57-65(4,5)6)61(54-51-48-45-42-39-24-21-18-15-12-9-3)72-63(67)56-53-50-47-44-41-38-35-28-26-23-20-17-14-11-8-2/h11,14,17,19-20,22-23,26-27,29,31-32,34,36,51,54,60-61H,7-10,12-13,15-16,18,21,24-25,28,30,33,35,37-50,52-53,55-59H2,1-6H3,(H-,64,66,68,69)/b14-11+,20-17+,22-19-,26-23+,29-27-,32-31-,36-34-,54-51-. The zero-order valence-electron chi connectivity index (χ0n) is 47.8. The highest BCUT2D eigenvalue weighted by atomic mass is 31.2. The first kappa shape index (κ1) is 69.9. The van der Waals surface area contributed by atoms with E-state index in [0.29, 0.717) is 23.9 Å². The van der Waals surface area contributed by atoms with Crippen molar-refractivity contribution in [2.24, 2.45) is 0 Å². The van der Waals surface area contributed by atoms with Crippen molar-refractivity contribution in [1.82, 2.24) is 5.32 Å². The first-order valence-corrected chi connectivity index (χ1v) is 31.0. The van der Waals surface area contributed by atoms with Gasteiger partial charge in [0.25, 0.3) is 7.82 Å². The molecule has 0 aliphatic rings. The minimum Gasteiger partial charge on any atom is -0.756 e. The van der Waals surface area contributed by atoms with Crippen LogP contribution in [0.1, 0.15) is 239 Å². The molecular formula is C63H111N2O7P. The average molecular weight is 1040 g/mol. The Balaban J connectivity index is 5.31. The molecule has 0 spiro atoms. The van der Waals surface area contributed by atoms with Gasteiger partial charge in [-0.05, 0) is 96.0 Å². The van der Waals surface area contributed by atoms with Crippen molar-refractivity contribution in [1.29, 1.82) is 0 Å². The summed E-state index contributed by atoms with van der Waals surface area (Å²) in [4.78, 5) is 39.9. The minimum atomic E-state index is -4.71. The fourth-order valence-electron chi connectivity index (χ4n) is 7.97. The van der Waals surface area contributed by atoms with Crippen molar-refractivity contribution in [2.75, 3.05) is 40.9 Å². The van der Waals surface area contributed by atoms with Crippen LogP contribution in [0.5, 0.6) is 0 Å². The summed E-state index contributed by atoms with van der Waals surface area (Å²) >= 11 is 0. The highest BCUT2D eigenvalue weighted by Crippen LogP contribution is 2.38. The van der Waals surface area contributed by atoms with Crippen LogP contribution < -0.4 is 10.2 Å². The van der Waals surface area contributed by atoms with E-state index < -0.39 is 26.6 Å². The summed E-state index contributed by atoms with van der Waals surface area (Å²) in [6.07, 6.45) is 69.4. The van der Waals surface area contributed by atoms with E-state index in [2.05, 4.69) is 111 Å². The molecule has 0 aliphatic heterocycles. The molecule has 0 radical (unpaired) electrons. The maximum absolute atomic E-state index is 13.5. The maximum atomic E-state index is 13.5. The predicted molar refractivity (Wildman–Crippen MR) is 311 cm³/mol. The van der Waals surface area contributed by atoms with Gasteiger partial charge in [-0.25, -0.2) is 0 Å². The van der Waals surface area contributed by atoms with Crippen molar-refractivity contribution in [3.8, 4) is 0 Å². The van der Waals surface area contributed by atoms with Crippen LogP contribution >= 0.6 is 7.82 Å². The van der Waals surface area contributed by atoms with Crippen LogP contribution in [0.15, 0.2) is 97.2 Å². The number of esters is 1. The number of ether oxygens (including phenoxy) is 1. The van der Waals surface area contributed by atoms with Gasteiger partial charge in [-0.15, -0.1) is 0 Å². The third-order valence-corrected chi connectivity index (χ3v) is 13.5. The van der Waals surface area contributed by atoms with Gasteiger partial charge in [-0.3, -0.25) is 14.2 Å². The number of carbonyl (C=O) groups excluding carboxylic acids is 2. The number of hydrogen-bond donors (Lipinski definition) is 1. The van der Waals surface area contributed by atoms with E-state index in [-0.39, 0.29) is 31.3 Å². The molecule has 0 rings (SSSR count). The fourth-order valence-corrected chi connectivity index (χ4v) is 8.70. The highest BCUT2D eigenvalue weighted by Gasteiger charge is 2.27. The molecule has 0 heterocycles. The van der Waals surface area contributed by atoms with E-state index >= 15 is 0 Å². The van der Waals surface area contributed by atoms with Gasteiger partial charge in [-0.2, -0.15) is 0 Å². The smallest absolute Gasteiger partial charge is 0.306 e. The summed E-state index contributed by atoms with van der Waals surface area (Å²) in [5.74, 6) is -0.582. The van der Waals surface area contributed by atoms with Gasteiger partial charge < -0.3 is 28.5 Å². The van der Waals surface area contributed by atoms with Gasteiger partial charge >= 0.3 is 5.97 Å². The number of phosphoric ester groups is 1. The van der Waals surface area contributed by atoms with Gasteiger partial charge in [0.1, 0.15) is 19.3 Å². The number of carbonyl (C=O) groups is 2. The number of likely N-dealkylation sites (N-methyl/N-ethyl adjacent to an activating group) is 1. The SMILES string of the molecule is CC/C=C/C=C/C=C/CCCCCCCCCC(=O)OC(/C=C\CCCCCCCCCCC)C(COP(=O)([O-])OCC[N+](C)(C)C)NC(=O)CCCCCCC/C=C\C/C=C\C/C=C\C/C=C\CCCCC. The van der Waals surface area contributed by atoms with Crippen LogP contribution in [0.2, 0.25) is 0 Å². The zero-order chi connectivity index (χ0) is 53.6. The molecule has 0 aromatic carbocycles. The molecule has 0 aromatic rings. The molecule has 3 atom stereocenters. The summed E-state index contributed by atoms with van der Waals surface area (Å²) in [6, 6.07) is -0.908. The summed E-state index contributed by atoms with van der Waals surface area (Å²) in [5, 5.41) is 3.01. The maximum Gasteiger partial charge on any atom is 0.306 e. The normalized spacial score (nSPS) is 14.5. The molecular weight excluding hydrogens is 928 g/mol. The number of amides is 1. The average Bonchev–Trinajstić information content (AvgIpc) is 3.35. The Hall–Kier alpha value is -3.07. The molecule has 1 amide bonds. The lowest BCUT2D eigenvalue weighted by molar-refractivity contribution is -0.870. The summed E-state index contributed by atoms with van der Waals surface area (Å²) < 4.78 is 30.2. The molecule has 0 aromatic heterocycles. The Kier molecular flexibility index (Phi) is 50.2. The van der Waals surface area contributed by atoms with Crippen molar-refractivity contribution in [2.45, 2.75) is 251 Å². The molecule has 0 aliphatic carbocycles. The van der Waals surface area contributed by atoms with Crippen molar-refractivity contribution >= 4 is 19.7 Å². The number of hydrogen-bond acceptors (Lipinski definition) is 7. The van der Waals surface area contributed by atoms with E-state index in [4.69, 9.17) is 13.8 Å². The van der Waals surface area contributed by atoms with Crippen LogP contribution in [0.3, 0.4) is 0 Å². The van der Waals surface area contributed by atoms with Crippen molar-refractivity contribution in [3.63, 3.8) is 0 Å². The Morgan fingerprint density at radius 1 is 0.507 bits per heavy atom. The largest absolute Gasteiger partial charge is 0.756 e. The van der Waals surface area contributed by atoms with E-state index in [0.717, 1.165) is 103 Å². The molecule has 0 bridgehead atoms. The summed E-state index contributed by atoms with van der Waals surface area (Å²) in [5.41, 5.74) is 0. The molecule has 0 saturated heterocycles. The minimum absolute atomic E-state index is 0.0332. The molecule has 0 fully saturated rings. The second kappa shape index (κ2) is 52.4. The number of allylic oxidation sites excluding steroid dienone is 15. The Labute approximate surface area is 449 Å². The fraction of sp³-hybridized carbons (Fsp3) is 0.714. The van der Waals surface area contributed by atoms with E-state index in [9.17, 15) is 19.0 Å². The van der Waals surface area contributed by atoms with E-state index in [1.54, 1.807) is 0 Å². The Morgan fingerprint density at radius 2 is 0.932 bits per heavy atom. The van der Waals surface area contributed by atoms with E-state index in [1.165, 1.54) is 89.9 Å². The topological polar surface area (TPSA) is 114 Å². The van der Waals surface area contributed by atoms with E-state index in [1.807, 2.05) is 33.3 Å². The molecule has 10 heteroatoms. The summed E-state index contributed by atoms with van der Waals surface area (Å²) in [7, 11) is 1.15. The monoisotopic (exact) mass is 1040 g/mol. The van der Waals surface area contributed by atoms with Crippen molar-refractivity contribution in [3.05, 3.63) is 97.2 Å². The van der Waals surface area contributed by atoms with Gasteiger partial charge in [-0.1, -0.05) is 227 Å². The molecule has 1 N–H and O–H groups in total.